The van der Waals surface area contributed by atoms with E-state index in [4.69, 9.17) is 5.73 Å². The molecule has 0 saturated carbocycles. The average Bonchev–Trinajstić information content (AvgIpc) is 2.67. The van der Waals surface area contributed by atoms with Crippen LogP contribution in [-0.4, -0.2) is 15.0 Å². The Labute approximate surface area is 151 Å². The number of rotatable bonds is 4. The Morgan fingerprint density at radius 3 is 2.38 bits per heavy atom. The van der Waals surface area contributed by atoms with E-state index >= 15 is 0 Å². The van der Waals surface area contributed by atoms with Gasteiger partial charge >= 0.3 is 0 Å². The lowest BCUT2D eigenvalue weighted by atomic mass is 10.1. The number of hydrogen-bond acceptors (Lipinski definition) is 6. The van der Waals surface area contributed by atoms with Gasteiger partial charge in [-0.25, -0.2) is 15.0 Å². The van der Waals surface area contributed by atoms with Gasteiger partial charge < -0.3 is 16.4 Å². The Morgan fingerprint density at radius 2 is 1.54 bits per heavy atom. The first kappa shape index (κ1) is 15.8. The van der Waals surface area contributed by atoms with Gasteiger partial charge in [-0.15, -0.1) is 0 Å². The van der Waals surface area contributed by atoms with E-state index in [0.29, 0.717) is 23.1 Å². The topological polar surface area (TPSA) is 88.8 Å². The second-order valence-corrected chi connectivity index (χ2v) is 5.93. The number of nitrogen functional groups attached to an aromatic ring is 1. The van der Waals surface area contributed by atoms with E-state index in [9.17, 15) is 0 Å². The van der Waals surface area contributed by atoms with Gasteiger partial charge in [-0.3, -0.25) is 0 Å². The summed E-state index contributed by atoms with van der Waals surface area (Å²) in [5, 5.41) is 8.74. The van der Waals surface area contributed by atoms with E-state index in [1.807, 2.05) is 43.3 Å². The fourth-order valence-corrected chi connectivity index (χ4v) is 2.79. The molecule has 128 valence electrons. The first-order valence-electron chi connectivity index (χ1n) is 8.26. The monoisotopic (exact) mass is 342 g/mol. The number of aromatic nitrogens is 3. The van der Waals surface area contributed by atoms with E-state index in [-0.39, 0.29) is 0 Å². The minimum absolute atomic E-state index is 0.436. The van der Waals surface area contributed by atoms with Gasteiger partial charge in [-0.05, 0) is 30.0 Å². The van der Waals surface area contributed by atoms with E-state index in [2.05, 4.69) is 43.8 Å². The van der Waals surface area contributed by atoms with Crippen molar-refractivity contribution in [1.82, 2.24) is 15.0 Å². The van der Waals surface area contributed by atoms with Gasteiger partial charge in [0, 0.05) is 17.3 Å². The van der Waals surface area contributed by atoms with Crippen molar-refractivity contribution in [2.24, 2.45) is 0 Å². The van der Waals surface area contributed by atoms with Crippen LogP contribution in [0.4, 0.5) is 28.8 Å². The maximum atomic E-state index is 6.30. The normalized spacial score (nSPS) is 10.7. The van der Waals surface area contributed by atoms with Crippen molar-refractivity contribution >= 4 is 39.6 Å². The van der Waals surface area contributed by atoms with Crippen LogP contribution in [0.2, 0.25) is 0 Å². The number of aryl methyl sites for hydroxylation is 1. The summed E-state index contributed by atoms with van der Waals surface area (Å²) in [5.74, 6) is 1.78. The standard InChI is InChI=1S/C20H18N6/c1-13-6-5-11-22-18(13)26-20-17(21)19(23-12-24-20)25-16-10-4-8-14-7-2-3-9-15(14)16/h2-12H,21H2,1H3,(H2,22,23,24,25,26). The Bertz CT molecular complexity index is 1070. The van der Waals surface area contributed by atoms with Gasteiger partial charge in [-0.1, -0.05) is 42.5 Å². The van der Waals surface area contributed by atoms with Crippen molar-refractivity contribution in [2.75, 3.05) is 16.4 Å². The zero-order valence-corrected chi connectivity index (χ0v) is 14.3. The predicted molar refractivity (Wildman–Crippen MR) is 106 cm³/mol. The molecule has 0 radical (unpaired) electrons. The summed E-state index contributed by atoms with van der Waals surface area (Å²) in [7, 11) is 0. The fraction of sp³-hybridized carbons (Fsp3) is 0.0500. The van der Waals surface area contributed by atoms with Crippen molar-refractivity contribution in [3.8, 4) is 0 Å². The minimum Gasteiger partial charge on any atom is -0.393 e. The number of benzene rings is 2. The van der Waals surface area contributed by atoms with E-state index in [1.54, 1.807) is 6.20 Å². The highest BCUT2D eigenvalue weighted by Gasteiger charge is 2.11. The number of nitrogens with zero attached hydrogens (tertiary/aromatic N) is 3. The summed E-state index contributed by atoms with van der Waals surface area (Å²) in [4.78, 5) is 12.9. The van der Waals surface area contributed by atoms with Crippen LogP contribution < -0.4 is 16.4 Å². The second kappa shape index (κ2) is 6.68. The molecule has 0 saturated heterocycles. The lowest BCUT2D eigenvalue weighted by Crippen LogP contribution is -2.06. The van der Waals surface area contributed by atoms with Crippen LogP contribution in [0.15, 0.2) is 67.1 Å². The molecule has 4 aromatic rings. The van der Waals surface area contributed by atoms with Crippen LogP contribution in [0.5, 0.6) is 0 Å². The van der Waals surface area contributed by atoms with Gasteiger partial charge in [0.05, 0.1) is 0 Å². The number of pyridine rings is 1. The van der Waals surface area contributed by atoms with E-state index in [0.717, 1.165) is 22.0 Å². The average molecular weight is 342 g/mol. The molecule has 0 fully saturated rings. The summed E-state index contributed by atoms with van der Waals surface area (Å²) in [6.45, 7) is 1.97. The molecule has 0 atom stereocenters. The predicted octanol–water partition coefficient (Wildman–Crippen LogP) is 4.40. The summed E-state index contributed by atoms with van der Waals surface area (Å²) in [6, 6.07) is 18.1. The molecule has 2 heterocycles. The van der Waals surface area contributed by atoms with Crippen molar-refractivity contribution in [3.63, 3.8) is 0 Å². The highest BCUT2D eigenvalue weighted by Crippen LogP contribution is 2.31. The van der Waals surface area contributed by atoms with Crippen LogP contribution in [0, 0.1) is 6.92 Å². The maximum Gasteiger partial charge on any atom is 0.160 e. The molecule has 6 nitrogen and oxygen atoms in total. The first-order chi connectivity index (χ1) is 12.7. The SMILES string of the molecule is Cc1cccnc1Nc1ncnc(Nc2cccc3ccccc23)c1N. The second-order valence-electron chi connectivity index (χ2n) is 5.93. The third-order valence-corrected chi connectivity index (χ3v) is 4.17. The number of nitrogens with two attached hydrogens (primary N) is 1. The molecule has 4 rings (SSSR count). The lowest BCUT2D eigenvalue weighted by molar-refractivity contribution is 1.15. The Kier molecular flexibility index (Phi) is 4.07. The minimum atomic E-state index is 0.436. The van der Waals surface area contributed by atoms with Crippen molar-refractivity contribution in [3.05, 3.63) is 72.7 Å². The lowest BCUT2D eigenvalue weighted by Gasteiger charge is -2.14. The van der Waals surface area contributed by atoms with E-state index in [1.165, 1.54) is 6.33 Å². The van der Waals surface area contributed by atoms with Gasteiger partial charge in [-0.2, -0.15) is 0 Å². The molecular formula is C20H18N6. The number of fused-ring (bicyclic) bond motifs is 1. The van der Waals surface area contributed by atoms with Crippen molar-refractivity contribution in [2.45, 2.75) is 6.92 Å². The van der Waals surface area contributed by atoms with Crippen LogP contribution in [0.1, 0.15) is 5.56 Å². The van der Waals surface area contributed by atoms with Gasteiger partial charge in [0.2, 0.25) is 0 Å². The summed E-state index contributed by atoms with van der Waals surface area (Å²) in [5.41, 5.74) is 8.68. The van der Waals surface area contributed by atoms with Crippen LogP contribution in [0.3, 0.4) is 0 Å². The molecule has 0 bridgehead atoms. The molecule has 6 heteroatoms. The molecule has 2 aromatic carbocycles. The number of nitrogens with one attached hydrogen (secondary N) is 2. The molecule has 0 aliphatic rings. The van der Waals surface area contributed by atoms with E-state index < -0.39 is 0 Å². The van der Waals surface area contributed by atoms with Crippen LogP contribution >= 0.6 is 0 Å². The molecule has 0 aliphatic carbocycles. The molecule has 4 N–H and O–H groups in total. The zero-order chi connectivity index (χ0) is 17.9. The third-order valence-electron chi connectivity index (χ3n) is 4.17. The molecule has 0 aliphatic heterocycles. The third kappa shape index (κ3) is 3.00. The van der Waals surface area contributed by atoms with Crippen molar-refractivity contribution < 1.29 is 0 Å². The van der Waals surface area contributed by atoms with Gasteiger partial charge in [0.15, 0.2) is 11.6 Å². The number of anilines is 5. The van der Waals surface area contributed by atoms with Crippen LogP contribution in [0.25, 0.3) is 10.8 Å². The molecule has 0 unspecified atom stereocenters. The van der Waals surface area contributed by atoms with Gasteiger partial charge in [0.25, 0.3) is 0 Å². The molecule has 26 heavy (non-hydrogen) atoms. The summed E-state index contributed by atoms with van der Waals surface area (Å²) in [6.07, 6.45) is 3.20. The zero-order valence-electron chi connectivity index (χ0n) is 14.3. The number of hydrogen-bond donors (Lipinski definition) is 3. The quantitative estimate of drug-likeness (QED) is 0.509. The van der Waals surface area contributed by atoms with Crippen LogP contribution in [-0.2, 0) is 0 Å². The first-order valence-corrected chi connectivity index (χ1v) is 8.26. The van der Waals surface area contributed by atoms with Gasteiger partial charge in [0.1, 0.15) is 17.8 Å². The fourth-order valence-electron chi connectivity index (χ4n) is 2.79. The Hall–Kier alpha value is -3.67. The molecule has 2 aromatic heterocycles. The summed E-state index contributed by atoms with van der Waals surface area (Å²) >= 11 is 0. The Balaban J connectivity index is 1.69. The highest BCUT2D eigenvalue weighted by molar-refractivity contribution is 5.96. The Morgan fingerprint density at radius 1 is 0.769 bits per heavy atom. The maximum absolute atomic E-state index is 6.30. The molecule has 0 spiro atoms. The van der Waals surface area contributed by atoms with Crippen molar-refractivity contribution in [1.29, 1.82) is 0 Å². The smallest absolute Gasteiger partial charge is 0.160 e. The largest absolute Gasteiger partial charge is 0.393 e. The summed E-state index contributed by atoms with van der Waals surface area (Å²) < 4.78 is 0. The molecular weight excluding hydrogens is 324 g/mol. The molecule has 0 amide bonds. The highest BCUT2D eigenvalue weighted by atomic mass is 15.1.